The van der Waals surface area contributed by atoms with Crippen molar-refractivity contribution in [2.24, 2.45) is 11.5 Å². The maximum atomic E-state index is 13.3. The van der Waals surface area contributed by atoms with Gasteiger partial charge >= 0.3 is 11.9 Å². The predicted molar refractivity (Wildman–Crippen MR) is 172 cm³/mol. The van der Waals surface area contributed by atoms with E-state index in [-0.39, 0.29) is 41.7 Å². The third kappa shape index (κ3) is 6.88. The van der Waals surface area contributed by atoms with E-state index in [1.54, 1.807) is 29.8 Å². The van der Waals surface area contributed by atoms with E-state index in [2.05, 4.69) is 19.9 Å². The SMILES string of the molecule is CSCCC(N)C(=O)Oc1c(OC(=O)C(N)CCSC)c2c(C)coc2c2ccc3c(c12)CCCC3(C)C.Cl.Cl. The quantitative estimate of drug-likeness (QED) is 0.196. The van der Waals surface area contributed by atoms with Gasteiger partial charge in [-0.3, -0.25) is 0 Å². The molecule has 2 unspecified atom stereocenters. The predicted octanol–water partition coefficient (Wildman–Crippen LogP) is 6.32. The minimum absolute atomic E-state index is 0. The lowest BCUT2D eigenvalue weighted by molar-refractivity contribution is -0.138. The van der Waals surface area contributed by atoms with Crippen LogP contribution in [0.25, 0.3) is 21.7 Å². The number of benzene rings is 2. The number of carbonyl (C=O) groups excluding carboxylic acids is 2. The molecule has 11 heteroatoms. The Morgan fingerprint density at radius 1 is 0.975 bits per heavy atom. The molecule has 4 N–H and O–H groups in total. The summed E-state index contributed by atoms with van der Waals surface area (Å²) in [6.07, 6.45) is 9.36. The van der Waals surface area contributed by atoms with E-state index in [9.17, 15) is 9.59 Å². The first kappa shape index (κ1) is 34.6. The zero-order valence-electron chi connectivity index (χ0n) is 23.7. The highest BCUT2D eigenvalue weighted by Crippen LogP contribution is 2.50. The smallest absolute Gasteiger partial charge is 0.328 e. The highest BCUT2D eigenvalue weighted by Gasteiger charge is 2.34. The fourth-order valence-electron chi connectivity index (χ4n) is 5.26. The molecule has 0 amide bonds. The number of thioether (sulfide) groups is 2. The third-order valence-electron chi connectivity index (χ3n) is 7.43. The minimum Gasteiger partial charge on any atom is -0.463 e. The van der Waals surface area contributed by atoms with E-state index < -0.39 is 24.0 Å². The van der Waals surface area contributed by atoms with Crippen LogP contribution in [-0.4, -0.2) is 48.0 Å². The molecule has 0 spiro atoms. The van der Waals surface area contributed by atoms with Crippen molar-refractivity contribution in [1.82, 2.24) is 0 Å². The molecule has 0 bridgehead atoms. The number of furan rings is 1. The molecule has 0 saturated heterocycles. The summed E-state index contributed by atoms with van der Waals surface area (Å²) in [4.78, 5) is 26.5. The van der Waals surface area contributed by atoms with Gasteiger partial charge in [0.2, 0.25) is 0 Å². The molecule has 4 rings (SSSR count). The van der Waals surface area contributed by atoms with E-state index in [4.69, 9.17) is 25.4 Å². The van der Waals surface area contributed by atoms with Crippen molar-refractivity contribution in [3.63, 3.8) is 0 Å². The topological polar surface area (TPSA) is 118 Å². The van der Waals surface area contributed by atoms with Crippen LogP contribution in [0.2, 0.25) is 0 Å². The molecule has 0 radical (unpaired) electrons. The van der Waals surface area contributed by atoms with Gasteiger partial charge in [0.15, 0.2) is 11.5 Å². The first-order valence-electron chi connectivity index (χ1n) is 13.0. The first-order valence-corrected chi connectivity index (χ1v) is 15.8. The fraction of sp³-hybridized carbons (Fsp3) is 0.517. The molecule has 1 aliphatic carbocycles. The number of hydrogen-bond donors (Lipinski definition) is 2. The molecule has 40 heavy (non-hydrogen) atoms. The zero-order chi connectivity index (χ0) is 27.6. The second-order valence-corrected chi connectivity index (χ2v) is 12.6. The van der Waals surface area contributed by atoms with Crippen molar-refractivity contribution in [3.8, 4) is 11.5 Å². The van der Waals surface area contributed by atoms with Crippen molar-refractivity contribution >= 4 is 82.0 Å². The van der Waals surface area contributed by atoms with Gasteiger partial charge < -0.3 is 25.4 Å². The van der Waals surface area contributed by atoms with Crippen LogP contribution in [0.4, 0.5) is 0 Å². The van der Waals surface area contributed by atoms with Gasteiger partial charge in [0.25, 0.3) is 0 Å². The summed E-state index contributed by atoms with van der Waals surface area (Å²) in [6.45, 7) is 6.32. The molecule has 0 saturated carbocycles. The lowest BCUT2D eigenvalue weighted by Gasteiger charge is -2.34. The van der Waals surface area contributed by atoms with Crippen LogP contribution in [0, 0.1) is 6.92 Å². The molecular weight excluding hydrogens is 591 g/mol. The molecule has 222 valence electrons. The summed E-state index contributed by atoms with van der Waals surface area (Å²) in [5.41, 5.74) is 16.0. The average molecular weight is 632 g/mol. The number of halogens is 2. The Hall–Kier alpha value is -1.62. The minimum atomic E-state index is -0.809. The van der Waals surface area contributed by atoms with Gasteiger partial charge in [-0.05, 0) is 85.2 Å². The number of esters is 2. The maximum absolute atomic E-state index is 13.3. The summed E-state index contributed by atoms with van der Waals surface area (Å²) in [6, 6.07) is 2.56. The molecule has 3 aromatic rings. The van der Waals surface area contributed by atoms with Crippen LogP contribution in [0.5, 0.6) is 11.5 Å². The summed E-state index contributed by atoms with van der Waals surface area (Å²) in [5.74, 6) is 0.717. The van der Waals surface area contributed by atoms with E-state index in [0.717, 1.165) is 52.7 Å². The van der Waals surface area contributed by atoms with Crippen molar-refractivity contribution < 1.29 is 23.5 Å². The summed E-state index contributed by atoms with van der Waals surface area (Å²) in [7, 11) is 0. The number of hydrogen-bond acceptors (Lipinski definition) is 9. The van der Waals surface area contributed by atoms with Gasteiger partial charge in [-0.1, -0.05) is 26.0 Å². The van der Waals surface area contributed by atoms with Crippen LogP contribution in [0.15, 0.2) is 22.8 Å². The van der Waals surface area contributed by atoms with Crippen LogP contribution >= 0.6 is 48.3 Å². The number of nitrogens with two attached hydrogens (primary N) is 2. The molecule has 1 heterocycles. The van der Waals surface area contributed by atoms with Crippen LogP contribution in [-0.2, 0) is 21.4 Å². The van der Waals surface area contributed by atoms with Crippen molar-refractivity contribution in [1.29, 1.82) is 0 Å². The Bertz CT molecular complexity index is 1360. The van der Waals surface area contributed by atoms with Gasteiger partial charge in [0, 0.05) is 10.8 Å². The van der Waals surface area contributed by atoms with Crippen LogP contribution < -0.4 is 20.9 Å². The summed E-state index contributed by atoms with van der Waals surface area (Å²) >= 11 is 3.23. The largest absolute Gasteiger partial charge is 0.463 e. The monoisotopic (exact) mass is 630 g/mol. The Morgan fingerprint density at radius 3 is 2.08 bits per heavy atom. The van der Waals surface area contributed by atoms with E-state index in [0.29, 0.717) is 23.8 Å². The normalized spacial score (nSPS) is 15.5. The number of aryl methyl sites for hydroxylation is 2. The van der Waals surface area contributed by atoms with Crippen molar-refractivity contribution in [2.45, 2.75) is 70.4 Å². The third-order valence-corrected chi connectivity index (χ3v) is 8.72. The number of carbonyl (C=O) groups is 2. The molecular formula is C29H40Cl2N2O5S2. The molecule has 2 atom stereocenters. The highest BCUT2D eigenvalue weighted by molar-refractivity contribution is 7.98. The standard InChI is InChI=1S/C29H38N2O5S2.2ClH/c1-16-15-34-24-18-8-9-19-17(7-6-12-29(19,2)3)23(18)26(36-28(33)21(31)11-14-38-5)25(22(16)24)35-27(32)20(30)10-13-37-4;;/h8-9,15,20-21H,6-7,10-14,30-31H2,1-5H3;2*1H. The highest BCUT2D eigenvalue weighted by atomic mass is 35.5. The summed E-state index contributed by atoms with van der Waals surface area (Å²) < 4.78 is 18.1. The second-order valence-electron chi connectivity index (χ2n) is 10.7. The van der Waals surface area contributed by atoms with Crippen LogP contribution in [0.1, 0.15) is 56.2 Å². The van der Waals surface area contributed by atoms with Gasteiger partial charge in [0.1, 0.15) is 17.7 Å². The molecule has 1 aliphatic rings. The lowest BCUT2D eigenvalue weighted by Crippen LogP contribution is -2.36. The molecule has 0 aliphatic heterocycles. The number of rotatable bonds is 10. The average Bonchev–Trinajstić information content (AvgIpc) is 3.28. The van der Waals surface area contributed by atoms with Gasteiger partial charge in [-0.25, -0.2) is 9.59 Å². The van der Waals surface area contributed by atoms with Crippen LogP contribution in [0.3, 0.4) is 0 Å². The lowest BCUT2D eigenvalue weighted by atomic mass is 9.71. The molecule has 0 fully saturated rings. The Labute approximate surface area is 257 Å². The summed E-state index contributed by atoms with van der Waals surface area (Å²) in [5, 5.41) is 2.15. The van der Waals surface area contributed by atoms with E-state index in [1.807, 2.05) is 25.5 Å². The maximum Gasteiger partial charge on any atom is 0.328 e. The Kier molecular flexibility index (Phi) is 12.5. The Morgan fingerprint density at radius 2 is 1.52 bits per heavy atom. The van der Waals surface area contributed by atoms with Crippen molar-refractivity contribution in [2.75, 3.05) is 24.0 Å². The second kappa shape index (κ2) is 14.5. The van der Waals surface area contributed by atoms with Crippen molar-refractivity contribution in [3.05, 3.63) is 35.1 Å². The van der Waals surface area contributed by atoms with E-state index >= 15 is 0 Å². The first-order chi connectivity index (χ1) is 18.1. The number of fused-ring (bicyclic) bond motifs is 5. The fourth-order valence-corrected chi connectivity index (χ4v) is 6.24. The van der Waals surface area contributed by atoms with Gasteiger partial charge in [0.05, 0.1) is 11.6 Å². The van der Waals surface area contributed by atoms with Gasteiger partial charge in [-0.15, -0.1) is 24.8 Å². The van der Waals surface area contributed by atoms with E-state index in [1.165, 1.54) is 5.56 Å². The van der Waals surface area contributed by atoms with Gasteiger partial charge in [-0.2, -0.15) is 23.5 Å². The Balaban J connectivity index is 0.00000280. The molecule has 2 aromatic carbocycles. The molecule has 1 aromatic heterocycles. The number of ether oxygens (including phenoxy) is 2. The molecule has 7 nitrogen and oxygen atoms in total. The zero-order valence-corrected chi connectivity index (χ0v) is 26.9.